The third-order valence-electron chi connectivity index (χ3n) is 3.35. The molecule has 2 unspecified atom stereocenters. The second-order valence-electron chi connectivity index (χ2n) is 5.63. The van der Waals surface area contributed by atoms with Gasteiger partial charge in [-0.2, -0.15) is 0 Å². The van der Waals surface area contributed by atoms with Crippen molar-refractivity contribution in [2.45, 2.75) is 65.5 Å². The van der Waals surface area contributed by atoms with Gasteiger partial charge in [0.05, 0.1) is 6.10 Å². The van der Waals surface area contributed by atoms with E-state index >= 15 is 0 Å². The lowest BCUT2D eigenvalue weighted by Gasteiger charge is -2.36. The van der Waals surface area contributed by atoms with Gasteiger partial charge in [0.1, 0.15) is 0 Å². The molecule has 1 N–H and O–H groups in total. The van der Waals surface area contributed by atoms with Crippen LogP contribution in [-0.2, 0) is 4.74 Å². The fourth-order valence-corrected chi connectivity index (χ4v) is 2.55. The summed E-state index contributed by atoms with van der Waals surface area (Å²) in [4.78, 5) is 0. The quantitative estimate of drug-likeness (QED) is 0.758. The summed E-state index contributed by atoms with van der Waals surface area (Å²) in [7, 11) is 0. The largest absolute Gasteiger partial charge is 0.377 e. The number of ether oxygens (including phenoxy) is 1. The first-order chi connectivity index (χ1) is 7.03. The number of rotatable bonds is 5. The van der Waals surface area contributed by atoms with Crippen molar-refractivity contribution in [3.8, 4) is 0 Å². The lowest BCUT2D eigenvalue weighted by molar-refractivity contribution is 0.0696. The fourth-order valence-electron chi connectivity index (χ4n) is 2.55. The summed E-state index contributed by atoms with van der Waals surface area (Å²) in [5.41, 5.74) is 0.533. The Hall–Kier alpha value is -0.0800. The van der Waals surface area contributed by atoms with E-state index in [1.807, 2.05) is 0 Å². The molecular formula is C13H27NO. The van der Waals surface area contributed by atoms with Gasteiger partial charge < -0.3 is 10.1 Å². The Morgan fingerprint density at radius 3 is 2.80 bits per heavy atom. The highest BCUT2D eigenvalue weighted by Gasteiger charge is 2.27. The first-order valence-corrected chi connectivity index (χ1v) is 6.38. The van der Waals surface area contributed by atoms with E-state index in [0.29, 0.717) is 17.6 Å². The zero-order valence-corrected chi connectivity index (χ0v) is 10.8. The van der Waals surface area contributed by atoms with E-state index in [1.54, 1.807) is 0 Å². The Labute approximate surface area is 94.8 Å². The zero-order chi connectivity index (χ0) is 11.3. The smallest absolute Gasteiger partial charge is 0.0671 e. The molecule has 2 atom stereocenters. The molecule has 1 rings (SSSR count). The third kappa shape index (κ3) is 4.98. The molecular weight excluding hydrogens is 186 g/mol. The second kappa shape index (κ2) is 5.86. The first kappa shape index (κ1) is 13.0. The summed E-state index contributed by atoms with van der Waals surface area (Å²) in [6.07, 6.45) is 5.74. The van der Waals surface area contributed by atoms with Crippen LogP contribution in [0.4, 0.5) is 0 Å². The van der Waals surface area contributed by atoms with Gasteiger partial charge in [-0.05, 0) is 38.5 Å². The van der Waals surface area contributed by atoms with Gasteiger partial charge in [-0.3, -0.25) is 0 Å². The number of hydrogen-bond acceptors (Lipinski definition) is 2. The Balaban J connectivity index is 2.21. The van der Waals surface area contributed by atoms with Crippen LogP contribution in [-0.4, -0.2) is 25.3 Å². The Kier molecular flexibility index (Phi) is 5.07. The number of hydrogen-bond donors (Lipinski definition) is 1. The summed E-state index contributed by atoms with van der Waals surface area (Å²) in [5, 5.41) is 3.64. The van der Waals surface area contributed by atoms with Crippen molar-refractivity contribution in [1.29, 1.82) is 0 Å². The molecule has 0 amide bonds. The lowest BCUT2D eigenvalue weighted by Crippen LogP contribution is -2.40. The molecule has 15 heavy (non-hydrogen) atoms. The lowest BCUT2D eigenvalue weighted by atomic mass is 9.75. The van der Waals surface area contributed by atoms with E-state index in [1.165, 1.54) is 25.7 Å². The molecule has 2 nitrogen and oxygen atoms in total. The first-order valence-electron chi connectivity index (χ1n) is 6.38. The van der Waals surface area contributed by atoms with Gasteiger partial charge in [-0.25, -0.2) is 0 Å². The van der Waals surface area contributed by atoms with Crippen LogP contribution in [0.2, 0.25) is 0 Å². The van der Waals surface area contributed by atoms with Crippen LogP contribution in [0.15, 0.2) is 0 Å². The molecule has 1 fully saturated rings. The zero-order valence-electron chi connectivity index (χ0n) is 10.8. The van der Waals surface area contributed by atoms with E-state index in [2.05, 4.69) is 33.0 Å². The van der Waals surface area contributed by atoms with Crippen LogP contribution in [0.3, 0.4) is 0 Å². The van der Waals surface area contributed by atoms with Crippen molar-refractivity contribution >= 4 is 0 Å². The maximum absolute atomic E-state index is 5.52. The van der Waals surface area contributed by atoms with Crippen LogP contribution >= 0.6 is 0 Å². The molecule has 90 valence electrons. The summed E-state index contributed by atoms with van der Waals surface area (Å²) in [6.45, 7) is 10.8. The Bertz CT molecular complexity index is 179. The predicted molar refractivity (Wildman–Crippen MR) is 65.1 cm³/mol. The molecule has 1 saturated carbocycles. The molecule has 0 aliphatic heterocycles. The van der Waals surface area contributed by atoms with Crippen LogP contribution in [0, 0.1) is 5.41 Å². The van der Waals surface area contributed by atoms with Gasteiger partial charge in [0.15, 0.2) is 0 Å². The maximum Gasteiger partial charge on any atom is 0.0671 e. The van der Waals surface area contributed by atoms with Gasteiger partial charge >= 0.3 is 0 Å². The van der Waals surface area contributed by atoms with Crippen LogP contribution in [0.1, 0.15) is 53.4 Å². The van der Waals surface area contributed by atoms with Crippen LogP contribution in [0.5, 0.6) is 0 Å². The highest BCUT2D eigenvalue weighted by molar-refractivity contribution is 4.83. The van der Waals surface area contributed by atoms with E-state index in [9.17, 15) is 0 Å². The average molecular weight is 213 g/mol. The van der Waals surface area contributed by atoms with Gasteiger partial charge in [0, 0.05) is 19.2 Å². The molecule has 1 aliphatic rings. The Morgan fingerprint density at radius 1 is 1.47 bits per heavy atom. The van der Waals surface area contributed by atoms with Crippen LogP contribution < -0.4 is 5.32 Å². The van der Waals surface area contributed by atoms with Gasteiger partial charge in [-0.15, -0.1) is 0 Å². The molecule has 0 spiro atoms. The summed E-state index contributed by atoms with van der Waals surface area (Å²) < 4.78 is 5.52. The van der Waals surface area contributed by atoms with Gasteiger partial charge in [0.25, 0.3) is 0 Å². The monoisotopic (exact) mass is 213 g/mol. The molecule has 1 aliphatic carbocycles. The molecule has 0 aromatic heterocycles. The molecule has 0 radical (unpaired) electrons. The van der Waals surface area contributed by atoms with Crippen molar-refractivity contribution in [2.75, 3.05) is 13.2 Å². The van der Waals surface area contributed by atoms with E-state index in [0.717, 1.165) is 13.2 Å². The normalized spacial score (nSPS) is 27.6. The summed E-state index contributed by atoms with van der Waals surface area (Å²) >= 11 is 0. The van der Waals surface area contributed by atoms with Crippen molar-refractivity contribution < 1.29 is 4.74 Å². The summed E-state index contributed by atoms with van der Waals surface area (Å²) in [6, 6.07) is 0.705. The topological polar surface area (TPSA) is 21.3 Å². The van der Waals surface area contributed by atoms with Crippen molar-refractivity contribution in [3.05, 3.63) is 0 Å². The second-order valence-corrected chi connectivity index (χ2v) is 5.63. The Morgan fingerprint density at radius 2 is 2.20 bits per heavy atom. The average Bonchev–Trinajstić information content (AvgIpc) is 2.14. The van der Waals surface area contributed by atoms with E-state index < -0.39 is 0 Å². The van der Waals surface area contributed by atoms with Crippen molar-refractivity contribution in [1.82, 2.24) is 5.32 Å². The fraction of sp³-hybridized carbons (Fsp3) is 1.00. The molecule has 0 saturated heterocycles. The van der Waals surface area contributed by atoms with E-state index in [4.69, 9.17) is 4.74 Å². The molecule has 0 heterocycles. The summed E-state index contributed by atoms with van der Waals surface area (Å²) in [5.74, 6) is 0. The van der Waals surface area contributed by atoms with Gasteiger partial charge in [0.2, 0.25) is 0 Å². The molecule has 0 bridgehead atoms. The minimum Gasteiger partial charge on any atom is -0.377 e. The maximum atomic E-state index is 5.52. The SMILES string of the molecule is CCOC(C)CNC1CCCC(C)(C)C1. The third-order valence-corrected chi connectivity index (χ3v) is 3.35. The predicted octanol–water partition coefficient (Wildman–Crippen LogP) is 2.97. The molecule has 0 aromatic rings. The minimum atomic E-state index is 0.347. The highest BCUT2D eigenvalue weighted by Crippen LogP contribution is 2.34. The molecule has 2 heteroatoms. The standard InChI is InChI=1S/C13H27NO/c1-5-15-11(2)10-14-12-7-6-8-13(3,4)9-12/h11-12,14H,5-10H2,1-4H3. The molecule has 0 aromatic carbocycles. The van der Waals surface area contributed by atoms with Crippen LogP contribution in [0.25, 0.3) is 0 Å². The van der Waals surface area contributed by atoms with Gasteiger partial charge in [-0.1, -0.05) is 20.3 Å². The highest BCUT2D eigenvalue weighted by atomic mass is 16.5. The number of nitrogens with one attached hydrogen (secondary N) is 1. The van der Waals surface area contributed by atoms with Crippen molar-refractivity contribution in [2.24, 2.45) is 5.41 Å². The van der Waals surface area contributed by atoms with Crippen molar-refractivity contribution in [3.63, 3.8) is 0 Å². The van der Waals surface area contributed by atoms with E-state index in [-0.39, 0.29) is 0 Å². The minimum absolute atomic E-state index is 0.347.